The molecule has 0 bridgehead atoms. The molecule has 0 aliphatic heterocycles. The van der Waals surface area contributed by atoms with Gasteiger partial charge in [0.2, 0.25) is 0 Å². The maximum absolute atomic E-state index is 11.3. The number of carboxylic acid groups (broad SMARTS) is 1. The summed E-state index contributed by atoms with van der Waals surface area (Å²) in [6.07, 6.45) is 1.53. The number of aromatic nitrogens is 3. The van der Waals surface area contributed by atoms with Crippen LogP contribution in [0.1, 0.15) is 21.6 Å². The molecule has 0 aliphatic rings. The molecule has 19 heavy (non-hydrogen) atoms. The molecule has 98 valence electrons. The minimum Gasteiger partial charge on any atom is -0.478 e. The predicted molar refractivity (Wildman–Crippen MR) is 69.7 cm³/mol. The van der Waals surface area contributed by atoms with Crippen LogP contribution in [0.25, 0.3) is 0 Å². The van der Waals surface area contributed by atoms with Gasteiger partial charge in [-0.2, -0.15) is 0 Å². The molecule has 2 aromatic heterocycles. The third-order valence-corrected chi connectivity index (χ3v) is 3.27. The normalized spacial score (nSPS) is 10.4. The highest BCUT2D eigenvalue weighted by Crippen LogP contribution is 2.27. The van der Waals surface area contributed by atoms with E-state index >= 15 is 0 Å². The van der Waals surface area contributed by atoms with Crippen molar-refractivity contribution in [2.24, 2.45) is 0 Å². The topological polar surface area (TPSA) is 95.9 Å². The van der Waals surface area contributed by atoms with Crippen LogP contribution in [0.4, 0.5) is 0 Å². The Balaban J connectivity index is 2.46. The third kappa shape index (κ3) is 3.00. The van der Waals surface area contributed by atoms with Gasteiger partial charge in [-0.15, -0.1) is 0 Å². The molecule has 0 atom stereocenters. The van der Waals surface area contributed by atoms with E-state index < -0.39 is 5.97 Å². The summed E-state index contributed by atoms with van der Waals surface area (Å²) in [7, 11) is 0. The van der Waals surface area contributed by atoms with E-state index in [4.69, 9.17) is 0 Å². The molecule has 2 heterocycles. The molecule has 6 nitrogen and oxygen atoms in total. The highest BCUT2D eigenvalue weighted by molar-refractivity contribution is 7.99. The first kappa shape index (κ1) is 13.3. The van der Waals surface area contributed by atoms with E-state index in [9.17, 15) is 14.7 Å². The van der Waals surface area contributed by atoms with Gasteiger partial charge in [-0.1, -0.05) is 0 Å². The van der Waals surface area contributed by atoms with Crippen molar-refractivity contribution in [1.82, 2.24) is 15.0 Å². The highest BCUT2D eigenvalue weighted by atomic mass is 32.2. The zero-order valence-electron chi connectivity index (χ0n) is 10.3. The summed E-state index contributed by atoms with van der Waals surface area (Å²) in [5.41, 5.74) is 1.02. The number of carbonyl (C=O) groups is 1. The number of aromatic amines is 1. The van der Waals surface area contributed by atoms with E-state index in [0.29, 0.717) is 21.4 Å². The minimum atomic E-state index is -1.05. The smallest absolute Gasteiger partial charge is 0.338 e. The Morgan fingerprint density at radius 3 is 2.79 bits per heavy atom. The van der Waals surface area contributed by atoms with Crippen LogP contribution in [-0.2, 0) is 0 Å². The molecule has 2 rings (SSSR count). The molecular formula is C12H11N3O3S. The molecule has 2 N–H and O–H groups in total. The van der Waals surface area contributed by atoms with Crippen LogP contribution in [0.5, 0.6) is 0 Å². The lowest BCUT2D eigenvalue weighted by molar-refractivity contribution is 0.0691. The molecule has 0 fully saturated rings. The molecule has 0 unspecified atom stereocenters. The Hall–Kier alpha value is -2.15. The second-order valence-electron chi connectivity index (χ2n) is 3.91. The van der Waals surface area contributed by atoms with E-state index in [-0.39, 0.29) is 11.1 Å². The van der Waals surface area contributed by atoms with Crippen molar-refractivity contribution in [2.75, 3.05) is 0 Å². The van der Waals surface area contributed by atoms with Crippen LogP contribution in [0.2, 0.25) is 0 Å². The SMILES string of the molecule is Cc1cc(=O)[nH]c(Sc2nccc(C)c2C(=O)O)n1. The van der Waals surface area contributed by atoms with Crippen LogP contribution in [0.3, 0.4) is 0 Å². The van der Waals surface area contributed by atoms with Gasteiger partial charge >= 0.3 is 5.97 Å². The standard InChI is InChI=1S/C12H11N3O3S/c1-6-3-4-13-10(9(6)11(17)18)19-12-14-7(2)5-8(16)15-12/h3-5H,1-2H3,(H,17,18)(H,14,15,16). The molecule has 0 saturated carbocycles. The molecule has 2 aromatic rings. The van der Waals surface area contributed by atoms with E-state index in [2.05, 4.69) is 15.0 Å². The largest absolute Gasteiger partial charge is 0.478 e. The lowest BCUT2D eigenvalue weighted by Crippen LogP contribution is -2.09. The summed E-state index contributed by atoms with van der Waals surface area (Å²) in [5, 5.41) is 9.82. The number of nitrogens with one attached hydrogen (secondary N) is 1. The quantitative estimate of drug-likeness (QED) is 0.828. The van der Waals surface area contributed by atoms with Crippen molar-refractivity contribution in [3.63, 3.8) is 0 Å². The molecule has 7 heteroatoms. The summed E-state index contributed by atoms with van der Waals surface area (Å²) < 4.78 is 0. The second-order valence-corrected chi connectivity index (χ2v) is 4.88. The predicted octanol–water partition coefficient (Wildman–Crippen LogP) is 1.63. The van der Waals surface area contributed by atoms with Crippen LogP contribution < -0.4 is 5.56 Å². The molecule has 0 saturated heterocycles. The molecule has 0 radical (unpaired) electrons. The lowest BCUT2D eigenvalue weighted by atomic mass is 10.2. The Labute approximate surface area is 112 Å². The summed E-state index contributed by atoms with van der Waals surface area (Å²) in [5.74, 6) is -1.05. The minimum absolute atomic E-state index is 0.122. The van der Waals surface area contributed by atoms with Crippen LogP contribution in [0, 0.1) is 13.8 Å². The average Bonchev–Trinajstić information content (AvgIpc) is 2.26. The van der Waals surface area contributed by atoms with Gasteiger partial charge in [0.1, 0.15) is 5.03 Å². The first-order valence-electron chi connectivity index (χ1n) is 5.42. The fourth-order valence-corrected chi connectivity index (χ4v) is 2.55. The van der Waals surface area contributed by atoms with Crippen LogP contribution in [0.15, 0.2) is 33.3 Å². The Kier molecular flexibility index (Phi) is 3.66. The Bertz CT molecular complexity index is 697. The van der Waals surface area contributed by atoms with Crippen LogP contribution in [-0.4, -0.2) is 26.0 Å². The number of aryl methyl sites for hydroxylation is 2. The summed E-state index contributed by atoms with van der Waals surface area (Å²) >= 11 is 1.03. The highest BCUT2D eigenvalue weighted by Gasteiger charge is 2.16. The van der Waals surface area contributed by atoms with E-state index in [0.717, 1.165) is 11.8 Å². The number of nitrogens with zero attached hydrogens (tertiary/aromatic N) is 2. The molecular weight excluding hydrogens is 266 g/mol. The van der Waals surface area contributed by atoms with Crippen molar-refractivity contribution < 1.29 is 9.90 Å². The fourth-order valence-electron chi connectivity index (χ4n) is 1.56. The van der Waals surface area contributed by atoms with Crippen molar-refractivity contribution in [3.8, 4) is 0 Å². The number of H-pyrrole nitrogens is 1. The molecule has 0 amide bonds. The van der Waals surface area contributed by atoms with Gasteiger partial charge in [0.25, 0.3) is 5.56 Å². The average molecular weight is 277 g/mol. The Morgan fingerprint density at radius 2 is 2.16 bits per heavy atom. The third-order valence-electron chi connectivity index (χ3n) is 2.38. The number of aromatic carboxylic acids is 1. The summed E-state index contributed by atoms with van der Waals surface area (Å²) in [4.78, 5) is 33.3. The number of pyridine rings is 1. The van der Waals surface area contributed by atoms with Gasteiger partial charge in [0.05, 0.1) is 5.56 Å². The number of hydrogen-bond acceptors (Lipinski definition) is 5. The van der Waals surface area contributed by atoms with Gasteiger partial charge in [0, 0.05) is 18.0 Å². The van der Waals surface area contributed by atoms with Crippen molar-refractivity contribution >= 4 is 17.7 Å². The molecule has 0 aliphatic carbocycles. The van der Waals surface area contributed by atoms with Gasteiger partial charge in [0.15, 0.2) is 5.16 Å². The van der Waals surface area contributed by atoms with Gasteiger partial charge in [-0.05, 0) is 37.2 Å². The molecule has 0 spiro atoms. The first-order valence-corrected chi connectivity index (χ1v) is 6.23. The number of carboxylic acids is 1. The lowest BCUT2D eigenvalue weighted by Gasteiger charge is -2.06. The van der Waals surface area contributed by atoms with Crippen molar-refractivity contribution in [2.45, 2.75) is 24.0 Å². The van der Waals surface area contributed by atoms with Crippen molar-refractivity contribution in [1.29, 1.82) is 0 Å². The van der Waals surface area contributed by atoms with Crippen LogP contribution >= 0.6 is 11.8 Å². The maximum atomic E-state index is 11.3. The Morgan fingerprint density at radius 1 is 1.42 bits per heavy atom. The zero-order valence-corrected chi connectivity index (χ0v) is 11.1. The maximum Gasteiger partial charge on any atom is 0.338 e. The molecule has 0 aromatic carbocycles. The fraction of sp³-hybridized carbons (Fsp3) is 0.167. The van der Waals surface area contributed by atoms with Gasteiger partial charge in [-0.3, -0.25) is 4.79 Å². The number of rotatable bonds is 3. The van der Waals surface area contributed by atoms with E-state index in [1.165, 1.54) is 12.3 Å². The van der Waals surface area contributed by atoms with Gasteiger partial charge < -0.3 is 10.1 Å². The van der Waals surface area contributed by atoms with Gasteiger partial charge in [-0.25, -0.2) is 14.8 Å². The van der Waals surface area contributed by atoms with Crippen molar-refractivity contribution in [3.05, 3.63) is 45.5 Å². The summed E-state index contributed by atoms with van der Waals surface area (Å²) in [6, 6.07) is 2.99. The number of hydrogen-bond donors (Lipinski definition) is 2. The zero-order chi connectivity index (χ0) is 14.0. The first-order chi connectivity index (χ1) is 8.97. The summed E-state index contributed by atoms with van der Waals surface area (Å²) in [6.45, 7) is 3.39. The van der Waals surface area contributed by atoms with E-state index in [1.54, 1.807) is 19.9 Å². The second kappa shape index (κ2) is 5.23. The monoisotopic (exact) mass is 277 g/mol. The van der Waals surface area contributed by atoms with E-state index in [1.807, 2.05) is 0 Å².